The van der Waals surface area contributed by atoms with E-state index in [1.165, 1.54) is 0 Å². The Morgan fingerprint density at radius 1 is 1.09 bits per heavy atom. The lowest BCUT2D eigenvalue weighted by molar-refractivity contribution is 0.311. The van der Waals surface area contributed by atoms with E-state index in [9.17, 15) is 0 Å². The third kappa shape index (κ3) is 3.20. The van der Waals surface area contributed by atoms with Crippen molar-refractivity contribution < 1.29 is 4.52 Å². The van der Waals surface area contributed by atoms with Crippen LogP contribution in [-0.2, 0) is 13.1 Å². The Kier molecular flexibility index (Phi) is 4.25. The van der Waals surface area contributed by atoms with Gasteiger partial charge in [0, 0.05) is 42.8 Å². The molecule has 5 nitrogen and oxygen atoms in total. The summed E-state index contributed by atoms with van der Waals surface area (Å²) in [6, 6.07) is 10.1. The molecule has 0 atom stereocenters. The highest BCUT2D eigenvalue weighted by Gasteiger charge is 2.16. The molecule has 1 aromatic carbocycles. The maximum absolute atomic E-state index is 5.40. The fourth-order valence-corrected chi connectivity index (χ4v) is 2.41. The van der Waals surface area contributed by atoms with Crippen LogP contribution in [0.5, 0.6) is 0 Å². The first-order valence-electron chi connectivity index (χ1n) is 7.18. The average molecular weight is 294 g/mol. The lowest BCUT2D eigenvalue weighted by atomic mass is 10.1. The van der Waals surface area contributed by atoms with Crippen molar-refractivity contribution in [2.24, 2.45) is 0 Å². The molecule has 0 radical (unpaired) electrons. The van der Waals surface area contributed by atoms with Crippen molar-refractivity contribution >= 4 is 0 Å². The van der Waals surface area contributed by atoms with E-state index in [1.54, 1.807) is 18.6 Å². The Balaban J connectivity index is 1.79. The number of aromatic nitrogens is 3. The fraction of sp³-hybridized carbons (Fsp3) is 0.235. The fourth-order valence-electron chi connectivity index (χ4n) is 2.41. The van der Waals surface area contributed by atoms with E-state index in [1.807, 2.05) is 37.3 Å². The van der Waals surface area contributed by atoms with Crippen molar-refractivity contribution in [3.63, 3.8) is 0 Å². The van der Waals surface area contributed by atoms with E-state index in [4.69, 9.17) is 4.52 Å². The van der Waals surface area contributed by atoms with Crippen LogP contribution in [0, 0.1) is 6.92 Å². The van der Waals surface area contributed by atoms with Gasteiger partial charge in [0.15, 0.2) is 0 Å². The Morgan fingerprint density at radius 3 is 2.64 bits per heavy atom. The molecule has 3 rings (SSSR count). The van der Waals surface area contributed by atoms with Gasteiger partial charge in [-0.3, -0.25) is 14.9 Å². The minimum absolute atomic E-state index is 0.729. The molecular formula is C17H18N4O. The topological polar surface area (TPSA) is 55.1 Å². The summed E-state index contributed by atoms with van der Waals surface area (Å²) in [4.78, 5) is 10.6. The standard InChI is InChI=1S/C17H18N4O/c1-13-16(12-21(2)11-15-10-18-8-9-19-15)17(20-22-13)14-6-4-3-5-7-14/h3-10H,11-12H2,1-2H3. The van der Waals surface area contributed by atoms with Crippen LogP contribution in [0.1, 0.15) is 17.0 Å². The second kappa shape index (κ2) is 6.49. The van der Waals surface area contributed by atoms with E-state index in [2.05, 4.69) is 27.1 Å². The van der Waals surface area contributed by atoms with Gasteiger partial charge in [-0.2, -0.15) is 0 Å². The second-order valence-corrected chi connectivity index (χ2v) is 5.30. The minimum atomic E-state index is 0.729. The number of benzene rings is 1. The summed E-state index contributed by atoms with van der Waals surface area (Å²) in [6.07, 6.45) is 5.18. The lowest BCUT2D eigenvalue weighted by Gasteiger charge is -2.16. The second-order valence-electron chi connectivity index (χ2n) is 5.30. The maximum Gasteiger partial charge on any atom is 0.138 e. The molecule has 2 aromatic heterocycles. The molecule has 0 saturated heterocycles. The van der Waals surface area contributed by atoms with E-state index in [0.717, 1.165) is 41.4 Å². The first-order valence-corrected chi connectivity index (χ1v) is 7.18. The number of aryl methyl sites for hydroxylation is 1. The molecule has 0 unspecified atom stereocenters. The van der Waals surface area contributed by atoms with E-state index < -0.39 is 0 Å². The van der Waals surface area contributed by atoms with Gasteiger partial charge >= 0.3 is 0 Å². The SMILES string of the molecule is Cc1onc(-c2ccccc2)c1CN(C)Cc1cnccn1. The van der Waals surface area contributed by atoms with Crippen LogP contribution in [0.3, 0.4) is 0 Å². The Labute approximate surface area is 129 Å². The molecule has 0 N–H and O–H groups in total. The smallest absolute Gasteiger partial charge is 0.138 e. The van der Waals surface area contributed by atoms with E-state index >= 15 is 0 Å². The minimum Gasteiger partial charge on any atom is -0.361 e. The molecule has 0 bridgehead atoms. The van der Waals surface area contributed by atoms with Gasteiger partial charge in [-0.1, -0.05) is 35.5 Å². The molecule has 0 fully saturated rings. The Bertz CT molecular complexity index is 725. The number of nitrogens with zero attached hydrogens (tertiary/aromatic N) is 4. The Morgan fingerprint density at radius 2 is 1.91 bits per heavy atom. The van der Waals surface area contributed by atoms with E-state index in [0.29, 0.717) is 0 Å². The van der Waals surface area contributed by atoms with Crippen molar-refractivity contribution in [1.82, 2.24) is 20.0 Å². The summed E-state index contributed by atoms with van der Waals surface area (Å²) in [5, 5.41) is 4.22. The molecule has 3 aromatic rings. The zero-order valence-corrected chi connectivity index (χ0v) is 12.7. The molecule has 0 spiro atoms. The first kappa shape index (κ1) is 14.4. The van der Waals surface area contributed by atoms with Gasteiger partial charge in [-0.25, -0.2) is 0 Å². The predicted octanol–water partition coefficient (Wildman–Crippen LogP) is 3.07. The van der Waals surface area contributed by atoms with Gasteiger partial charge in [0.05, 0.1) is 5.69 Å². The van der Waals surface area contributed by atoms with Crippen LogP contribution < -0.4 is 0 Å². The quantitative estimate of drug-likeness (QED) is 0.724. The van der Waals surface area contributed by atoms with Gasteiger partial charge < -0.3 is 4.52 Å². The predicted molar refractivity (Wildman–Crippen MR) is 83.9 cm³/mol. The van der Waals surface area contributed by atoms with Crippen LogP contribution >= 0.6 is 0 Å². The summed E-state index contributed by atoms with van der Waals surface area (Å²) in [5.74, 6) is 0.852. The Hall–Kier alpha value is -2.53. The summed E-state index contributed by atoms with van der Waals surface area (Å²) < 4.78 is 5.40. The third-order valence-electron chi connectivity index (χ3n) is 3.51. The third-order valence-corrected chi connectivity index (χ3v) is 3.51. The number of hydrogen-bond acceptors (Lipinski definition) is 5. The van der Waals surface area contributed by atoms with Gasteiger partial charge in [0.2, 0.25) is 0 Å². The summed E-state index contributed by atoms with van der Waals surface area (Å²) in [6.45, 7) is 3.42. The van der Waals surface area contributed by atoms with Gasteiger partial charge in [0.1, 0.15) is 11.5 Å². The molecule has 0 amide bonds. The highest BCUT2D eigenvalue weighted by molar-refractivity contribution is 5.63. The molecule has 0 aliphatic carbocycles. The van der Waals surface area contributed by atoms with Gasteiger partial charge in [-0.15, -0.1) is 0 Å². The normalized spacial score (nSPS) is 11.0. The zero-order valence-electron chi connectivity index (χ0n) is 12.7. The maximum atomic E-state index is 5.40. The van der Waals surface area contributed by atoms with E-state index in [-0.39, 0.29) is 0 Å². The van der Waals surface area contributed by atoms with Crippen molar-refractivity contribution in [3.05, 3.63) is 65.9 Å². The molecule has 0 aliphatic heterocycles. The van der Waals surface area contributed by atoms with Crippen molar-refractivity contribution in [3.8, 4) is 11.3 Å². The van der Waals surface area contributed by atoms with Gasteiger partial charge in [-0.05, 0) is 14.0 Å². The van der Waals surface area contributed by atoms with Crippen LogP contribution in [-0.4, -0.2) is 27.1 Å². The summed E-state index contributed by atoms with van der Waals surface area (Å²) >= 11 is 0. The highest BCUT2D eigenvalue weighted by atomic mass is 16.5. The van der Waals surface area contributed by atoms with Crippen LogP contribution in [0.2, 0.25) is 0 Å². The largest absolute Gasteiger partial charge is 0.361 e. The number of hydrogen-bond donors (Lipinski definition) is 0. The van der Waals surface area contributed by atoms with Crippen LogP contribution in [0.15, 0.2) is 53.4 Å². The van der Waals surface area contributed by atoms with Crippen molar-refractivity contribution in [2.45, 2.75) is 20.0 Å². The van der Waals surface area contributed by atoms with Crippen LogP contribution in [0.25, 0.3) is 11.3 Å². The molecule has 0 saturated carbocycles. The summed E-state index contributed by atoms with van der Waals surface area (Å²) in [7, 11) is 2.05. The molecule has 0 aliphatic rings. The molecule has 2 heterocycles. The monoisotopic (exact) mass is 294 g/mol. The lowest BCUT2D eigenvalue weighted by Crippen LogP contribution is -2.18. The molecule has 22 heavy (non-hydrogen) atoms. The van der Waals surface area contributed by atoms with Crippen LogP contribution in [0.4, 0.5) is 0 Å². The molecule has 5 heteroatoms. The average Bonchev–Trinajstić information content (AvgIpc) is 2.90. The highest BCUT2D eigenvalue weighted by Crippen LogP contribution is 2.26. The van der Waals surface area contributed by atoms with Gasteiger partial charge in [0.25, 0.3) is 0 Å². The van der Waals surface area contributed by atoms with Crippen molar-refractivity contribution in [1.29, 1.82) is 0 Å². The zero-order chi connectivity index (χ0) is 15.4. The first-order chi connectivity index (χ1) is 10.7. The number of rotatable bonds is 5. The van der Waals surface area contributed by atoms with Crippen molar-refractivity contribution in [2.75, 3.05) is 7.05 Å². The summed E-state index contributed by atoms with van der Waals surface area (Å²) in [5.41, 5.74) is 4.03. The molecule has 112 valence electrons. The molecular weight excluding hydrogens is 276 g/mol.